The minimum Gasteiger partial charge on any atom is -0.444 e. The van der Waals surface area contributed by atoms with Crippen molar-refractivity contribution in [3.63, 3.8) is 0 Å². The Morgan fingerprint density at radius 3 is 2.26 bits per heavy atom. The molecule has 0 unspecified atom stereocenters. The minimum atomic E-state index is -1.83. The van der Waals surface area contributed by atoms with Crippen LogP contribution in [0.1, 0.15) is 54.4 Å². The summed E-state index contributed by atoms with van der Waals surface area (Å²) in [5, 5.41) is 2.94. The largest absolute Gasteiger partial charge is 0.444 e. The van der Waals surface area contributed by atoms with Crippen LogP contribution in [0, 0.1) is 0 Å². The molecule has 0 aliphatic rings. The van der Waals surface area contributed by atoms with Gasteiger partial charge in [-0.05, 0) is 57.8 Å². The highest BCUT2D eigenvalue weighted by atomic mass is 28.4. The fraction of sp³-hybridized carbons (Fsp3) is 0.778. The molecule has 1 N–H and O–H groups in total. The van der Waals surface area contributed by atoms with Crippen molar-refractivity contribution in [2.75, 3.05) is 6.54 Å². The lowest BCUT2D eigenvalue weighted by molar-refractivity contribution is 0.0525. The second-order valence-electron chi connectivity index (χ2n) is 8.36. The highest BCUT2D eigenvalue weighted by Crippen LogP contribution is 2.37. The molecular formula is C18H35NO3Si. The van der Waals surface area contributed by atoms with Gasteiger partial charge in [0.2, 0.25) is 0 Å². The van der Waals surface area contributed by atoms with Crippen LogP contribution >= 0.6 is 0 Å². The Morgan fingerprint density at radius 1 is 1.26 bits per heavy atom. The summed E-state index contributed by atoms with van der Waals surface area (Å²) in [4.78, 5) is 11.6. The molecule has 1 amide bonds. The first-order valence-electron chi connectivity index (χ1n) is 8.29. The Kier molecular flexibility index (Phi) is 8.33. The molecule has 23 heavy (non-hydrogen) atoms. The van der Waals surface area contributed by atoms with Gasteiger partial charge in [0.1, 0.15) is 5.60 Å². The molecule has 0 fully saturated rings. The van der Waals surface area contributed by atoms with Crippen LogP contribution in [0.15, 0.2) is 18.4 Å². The number of alkyl carbamates (subject to hydrolysis) is 1. The van der Waals surface area contributed by atoms with Gasteiger partial charge in [-0.2, -0.15) is 0 Å². The molecule has 4 nitrogen and oxygen atoms in total. The summed E-state index contributed by atoms with van der Waals surface area (Å²) in [7, 11) is -1.83. The van der Waals surface area contributed by atoms with Gasteiger partial charge >= 0.3 is 6.09 Å². The summed E-state index contributed by atoms with van der Waals surface area (Å²) in [5.74, 6) is 0. The molecule has 0 aromatic carbocycles. The quantitative estimate of drug-likeness (QED) is 0.402. The third-order valence-electron chi connectivity index (χ3n) is 3.89. The predicted molar refractivity (Wildman–Crippen MR) is 99.3 cm³/mol. The van der Waals surface area contributed by atoms with Crippen molar-refractivity contribution in [2.24, 2.45) is 0 Å². The van der Waals surface area contributed by atoms with Gasteiger partial charge in [-0.3, -0.25) is 0 Å². The number of hydrogen-bond acceptors (Lipinski definition) is 3. The monoisotopic (exact) mass is 341 g/mol. The second kappa shape index (κ2) is 8.72. The lowest BCUT2D eigenvalue weighted by Crippen LogP contribution is -2.43. The van der Waals surface area contributed by atoms with Crippen LogP contribution in [0.5, 0.6) is 0 Å². The van der Waals surface area contributed by atoms with Gasteiger partial charge in [-0.1, -0.05) is 27.4 Å². The van der Waals surface area contributed by atoms with Crippen LogP contribution in [0.25, 0.3) is 0 Å². The molecule has 5 heteroatoms. The maximum absolute atomic E-state index is 11.6. The van der Waals surface area contributed by atoms with Crippen molar-refractivity contribution < 1.29 is 14.0 Å². The molecule has 0 saturated heterocycles. The molecule has 0 radical (unpaired) electrons. The predicted octanol–water partition coefficient (Wildman–Crippen LogP) is 5.02. The molecule has 0 heterocycles. The zero-order valence-corrected chi connectivity index (χ0v) is 17.2. The number of ether oxygens (including phenoxy) is 1. The molecule has 0 aromatic heterocycles. The van der Waals surface area contributed by atoms with E-state index >= 15 is 0 Å². The highest BCUT2D eigenvalue weighted by molar-refractivity contribution is 6.74. The Morgan fingerprint density at radius 2 is 1.83 bits per heavy atom. The summed E-state index contributed by atoms with van der Waals surface area (Å²) in [6.45, 7) is 20.9. The summed E-state index contributed by atoms with van der Waals surface area (Å²) in [6.07, 6.45) is 3.14. The Labute approximate surface area is 143 Å². The van der Waals surface area contributed by atoms with Crippen LogP contribution in [-0.2, 0) is 9.16 Å². The third-order valence-corrected chi connectivity index (χ3v) is 8.39. The third kappa shape index (κ3) is 9.64. The lowest BCUT2D eigenvalue weighted by Gasteiger charge is -2.38. The van der Waals surface area contributed by atoms with Crippen LogP contribution in [-0.4, -0.2) is 32.7 Å². The maximum Gasteiger partial charge on any atom is 0.407 e. The standard InChI is InChI=1S/C18H35NO3Si/c1-10-12-15(22-23(8,9)18(5,6)7)13-11-14-19-16(20)21-17(2,3)4/h12,15H,1,11,13-14H2,2-9H3,(H,19,20)/t15-/m0/s1. The Balaban J connectivity index is 4.37. The second-order valence-corrected chi connectivity index (χ2v) is 13.1. The molecule has 0 bridgehead atoms. The topological polar surface area (TPSA) is 47.6 Å². The van der Waals surface area contributed by atoms with E-state index in [1.807, 2.05) is 26.8 Å². The maximum atomic E-state index is 11.6. The van der Waals surface area contributed by atoms with E-state index < -0.39 is 13.9 Å². The number of amides is 1. The van der Waals surface area contributed by atoms with Crippen molar-refractivity contribution in [3.05, 3.63) is 18.4 Å². The molecule has 0 aliphatic carbocycles. The summed E-state index contributed by atoms with van der Waals surface area (Å²) >= 11 is 0. The zero-order chi connectivity index (χ0) is 18.3. The number of carbonyl (C=O) groups excluding carboxylic acids is 1. The van der Waals surface area contributed by atoms with Crippen LogP contribution in [0.4, 0.5) is 4.79 Å². The van der Waals surface area contributed by atoms with Crippen molar-refractivity contribution in [1.29, 1.82) is 0 Å². The minimum absolute atomic E-state index is 0.00571. The van der Waals surface area contributed by atoms with Gasteiger partial charge in [-0.15, -0.1) is 5.73 Å². The van der Waals surface area contributed by atoms with Crippen molar-refractivity contribution >= 4 is 14.4 Å². The van der Waals surface area contributed by atoms with E-state index in [-0.39, 0.29) is 17.2 Å². The van der Waals surface area contributed by atoms with E-state index in [9.17, 15) is 4.79 Å². The highest BCUT2D eigenvalue weighted by Gasteiger charge is 2.38. The zero-order valence-electron chi connectivity index (χ0n) is 16.2. The number of carbonyl (C=O) groups is 1. The van der Waals surface area contributed by atoms with Gasteiger partial charge in [0.05, 0.1) is 6.10 Å². The fourth-order valence-corrected chi connectivity index (χ4v) is 2.97. The summed E-state index contributed by atoms with van der Waals surface area (Å²) < 4.78 is 11.6. The summed E-state index contributed by atoms with van der Waals surface area (Å²) in [5.41, 5.74) is 2.36. The SMILES string of the molecule is C=C=C[C@@H](CCCNC(=O)OC(C)(C)C)O[Si](C)(C)C(C)(C)C. The molecule has 1 atom stereocenters. The number of hydrogen-bond donors (Lipinski definition) is 1. The molecule has 0 aliphatic heterocycles. The van der Waals surface area contributed by atoms with E-state index in [2.05, 4.69) is 51.5 Å². The number of rotatable bonds is 7. The Hall–Kier alpha value is -1.03. The van der Waals surface area contributed by atoms with E-state index in [0.717, 1.165) is 12.8 Å². The van der Waals surface area contributed by atoms with Crippen molar-refractivity contribution in [3.8, 4) is 0 Å². The van der Waals surface area contributed by atoms with Crippen molar-refractivity contribution in [2.45, 2.75) is 84.2 Å². The van der Waals surface area contributed by atoms with E-state index in [0.29, 0.717) is 6.54 Å². The van der Waals surface area contributed by atoms with Crippen molar-refractivity contribution in [1.82, 2.24) is 5.32 Å². The molecule has 0 aromatic rings. The van der Waals surface area contributed by atoms with Gasteiger partial charge in [-0.25, -0.2) is 4.79 Å². The molecule has 0 spiro atoms. The normalized spacial score (nSPS) is 13.9. The van der Waals surface area contributed by atoms with Gasteiger partial charge in [0.15, 0.2) is 8.32 Å². The van der Waals surface area contributed by atoms with Gasteiger partial charge in [0, 0.05) is 6.54 Å². The smallest absolute Gasteiger partial charge is 0.407 e. The fourth-order valence-electron chi connectivity index (χ4n) is 1.67. The van der Waals surface area contributed by atoms with E-state index in [1.165, 1.54) is 0 Å². The first-order chi connectivity index (χ1) is 10.3. The molecular weight excluding hydrogens is 306 g/mol. The average Bonchev–Trinajstić information content (AvgIpc) is 2.30. The van der Waals surface area contributed by atoms with E-state index in [4.69, 9.17) is 9.16 Å². The van der Waals surface area contributed by atoms with Crippen LogP contribution in [0.3, 0.4) is 0 Å². The van der Waals surface area contributed by atoms with E-state index in [1.54, 1.807) is 0 Å². The lowest BCUT2D eigenvalue weighted by atomic mass is 10.2. The Bertz CT molecular complexity index is 427. The van der Waals surface area contributed by atoms with Gasteiger partial charge < -0.3 is 14.5 Å². The molecule has 0 rings (SSSR count). The molecule has 134 valence electrons. The first kappa shape index (κ1) is 22.0. The average molecular weight is 342 g/mol. The van der Waals surface area contributed by atoms with Gasteiger partial charge in [0.25, 0.3) is 0 Å². The summed E-state index contributed by atoms with van der Waals surface area (Å²) in [6, 6.07) is 0. The number of nitrogens with one attached hydrogen (secondary N) is 1. The first-order valence-corrected chi connectivity index (χ1v) is 11.2. The van der Waals surface area contributed by atoms with Crippen LogP contribution < -0.4 is 5.32 Å². The molecule has 0 saturated carbocycles. The van der Waals surface area contributed by atoms with Crippen LogP contribution in [0.2, 0.25) is 18.1 Å².